The van der Waals surface area contributed by atoms with Gasteiger partial charge in [-0.25, -0.2) is 9.59 Å². The molecule has 0 aliphatic carbocycles. The lowest BCUT2D eigenvalue weighted by Gasteiger charge is -2.34. The molecular formula is C42H51N4O8P. The van der Waals surface area contributed by atoms with Crippen LogP contribution in [0.4, 0.5) is 9.59 Å². The van der Waals surface area contributed by atoms with Gasteiger partial charge in [0, 0.05) is 12.8 Å². The second-order valence-electron chi connectivity index (χ2n) is 14.0. The number of nitrogens with one attached hydrogen (secondary N) is 4. The molecule has 292 valence electrons. The van der Waals surface area contributed by atoms with Crippen molar-refractivity contribution in [3.63, 3.8) is 0 Å². The number of carbonyl (C=O) groups is 4. The molecule has 4 atom stereocenters. The van der Waals surface area contributed by atoms with E-state index in [1.54, 1.807) is 113 Å². The summed E-state index contributed by atoms with van der Waals surface area (Å²) in [4.78, 5) is 65.8. The normalized spacial score (nSPS) is 13.5. The molecule has 0 unspecified atom stereocenters. The average Bonchev–Trinajstić information content (AvgIpc) is 3.18. The smallest absolute Gasteiger partial charge is 0.408 e. The highest BCUT2D eigenvalue weighted by molar-refractivity contribution is 7.59. The summed E-state index contributed by atoms with van der Waals surface area (Å²) in [5.74, 6) is -5.07. The molecule has 0 radical (unpaired) electrons. The molecule has 0 bridgehead atoms. The number of benzene rings is 4. The van der Waals surface area contributed by atoms with E-state index in [4.69, 9.17) is 9.47 Å². The maximum atomic E-state index is 14.9. The second-order valence-corrected chi connectivity index (χ2v) is 16.5. The van der Waals surface area contributed by atoms with E-state index in [-0.39, 0.29) is 26.1 Å². The van der Waals surface area contributed by atoms with Gasteiger partial charge in [0.2, 0.25) is 19.2 Å². The zero-order valence-electron chi connectivity index (χ0n) is 31.6. The van der Waals surface area contributed by atoms with E-state index in [9.17, 15) is 28.6 Å². The number of hydrogen-bond donors (Lipinski definition) is 5. The molecule has 13 heteroatoms. The summed E-state index contributed by atoms with van der Waals surface area (Å²) >= 11 is 0. The summed E-state index contributed by atoms with van der Waals surface area (Å²) in [6, 6.07) is 33.7. The molecule has 0 fully saturated rings. The lowest BCUT2D eigenvalue weighted by atomic mass is 10.0. The standard InChI is InChI=1S/C42H51N4O8P/c1-29(2)37(45-41(49)53-27-33-21-13-7-14-22-33)39(47)43-35(25-31-17-9-5-10-18-31)55(51,52)36(26-32-19-11-6-12-20-32)44-40(48)38(30(3)4)46-42(50)54-28-34-23-15-8-16-24-34/h5-24,29-30,35-38H,25-28H2,1-4H3,(H,43,47)(H,44,48)(H,45,49)(H,46,50)(H,51,52)/t35-,36-,37-,38-/m0/s1. The molecule has 0 saturated heterocycles. The number of carbonyl (C=O) groups excluding carboxylic acids is 4. The van der Waals surface area contributed by atoms with Crippen LogP contribution in [0.2, 0.25) is 0 Å². The zero-order chi connectivity index (χ0) is 39.8. The van der Waals surface area contributed by atoms with Crippen LogP contribution < -0.4 is 21.3 Å². The van der Waals surface area contributed by atoms with Gasteiger partial charge < -0.3 is 35.6 Å². The Morgan fingerprint density at radius 2 is 0.800 bits per heavy atom. The maximum absolute atomic E-state index is 14.9. The lowest BCUT2D eigenvalue weighted by Crippen LogP contribution is -2.55. The predicted molar refractivity (Wildman–Crippen MR) is 211 cm³/mol. The Kier molecular flexibility index (Phi) is 16.0. The molecule has 4 amide bonds. The number of amides is 4. The van der Waals surface area contributed by atoms with Crippen LogP contribution in [-0.2, 0) is 49.7 Å². The fourth-order valence-electron chi connectivity index (χ4n) is 5.80. The van der Waals surface area contributed by atoms with Gasteiger partial charge in [0.25, 0.3) is 0 Å². The summed E-state index contributed by atoms with van der Waals surface area (Å²) < 4.78 is 25.7. The topological polar surface area (TPSA) is 172 Å². The van der Waals surface area contributed by atoms with E-state index < -0.39 is 66.9 Å². The minimum Gasteiger partial charge on any atom is -0.445 e. The fraction of sp³-hybridized carbons (Fsp3) is 0.333. The highest BCUT2D eigenvalue weighted by atomic mass is 31.2. The molecular weight excluding hydrogens is 719 g/mol. The van der Waals surface area contributed by atoms with Gasteiger partial charge in [-0.2, -0.15) is 0 Å². The van der Waals surface area contributed by atoms with E-state index in [2.05, 4.69) is 21.3 Å². The van der Waals surface area contributed by atoms with Crippen LogP contribution in [0.15, 0.2) is 121 Å². The van der Waals surface area contributed by atoms with Crippen LogP contribution in [0.5, 0.6) is 0 Å². The third-order valence-electron chi connectivity index (χ3n) is 8.93. The molecule has 0 aliphatic heterocycles. The highest BCUT2D eigenvalue weighted by Crippen LogP contribution is 2.51. The molecule has 12 nitrogen and oxygen atoms in total. The van der Waals surface area contributed by atoms with E-state index in [1.807, 2.05) is 36.4 Å². The van der Waals surface area contributed by atoms with Gasteiger partial charge in [0.1, 0.15) is 36.9 Å². The van der Waals surface area contributed by atoms with E-state index in [1.165, 1.54) is 0 Å². The molecule has 55 heavy (non-hydrogen) atoms. The first kappa shape index (κ1) is 42.3. The predicted octanol–water partition coefficient (Wildman–Crippen LogP) is 6.53. The lowest BCUT2D eigenvalue weighted by molar-refractivity contribution is -0.124. The summed E-state index contributed by atoms with van der Waals surface area (Å²) in [7, 11) is -4.62. The van der Waals surface area contributed by atoms with Crippen LogP contribution in [0, 0.1) is 11.8 Å². The minimum absolute atomic E-state index is 0.0145. The third-order valence-corrected chi connectivity index (χ3v) is 11.3. The van der Waals surface area contributed by atoms with Crippen LogP contribution >= 0.6 is 7.37 Å². The van der Waals surface area contributed by atoms with Crippen molar-refractivity contribution in [3.05, 3.63) is 144 Å². The van der Waals surface area contributed by atoms with Gasteiger partial charge in [-0.1, -0.05) is 149 Å². The zero-order valence-corrected chi connectivity index (χ0v) is 32.5. The molecule has 0 heterocycles. The van der Waals surface area contributed by atoms with Crippen molar-refractivity contribution in [2.24, 2.45) is 11.8 Å². The van der Waals surface area contributed by atoms with Crippen molar-refractivity contribution in [2.45, 2.75) is 77.4 Å². The Morgan fingerprint density at radius 1 is 0.509 bits per heavy atom. The minimum atomic E-state index is -4.62. The van der Waals surface area contributed by atoms with Crippen molar-refractivity contribution in [1.29, 1.82) is 0 Å². The average molecular weight is 771 g/mol. The molecule has 4 aromatic rings. The fourth-order valence-corrected chi connectivity index (χ4v) is 7.81. The first-order valence-electron chi connectivity index (χ1n) is 18.3. The molecule has 0 spiro atoms. The van der Waals surface area contributed by atoms with Crippen LogP contribution in [0.1, 0.15) is 49.9 Å². The third kappa shape index (κ3) is 13.4. The Balaban J connectivity index is 1.58. The van der Waals surface area contributed by atoms with E-state index in [0.717, 1.165) is 11.1 Å². The van der Waals surface area contributed by atoms with Gasteiger partial charge >= 0.3 is 12.2 Å². The summed E-state index contributed by atoms with van der Waals surface area (Å²) in [6.07, 6.45) is -1.79. The Morgan fingerprint density at radius 3 is 1.09 bits per heavy atom. The summed E-state index contributed by atoms with van der Waals surface area (Å²) in [5, 5.41) is 10.7. The molecule has 4 rings (SSSR count). The maximum Gasteiger partial charge on any atom is 0.408 e. The van der Waals surface area contributed by atoms with Crippen molar-refractivity contribution >= 4 is 31.4 Å². The molecule has 0 aromatic heterocycles. The van der Waals surface area contributed by atoms with E-state index >= 15 is 0 Å². The van der Waals surface area contributed by atoms with Gasteiger partial charge in [-0.3, -0.25) is 14.2 Å². The first-order chi connectivity index (χ1) is 26.3. The van der Waals surface area contributed by atoms with Crippen LogP contribution in [0.3, 0.4) is 0 Å². The molecule has 4 aromatic carbocycles. The Labute approximate surface area is 322 Å². The first-order valence-corrected chi connectivity index (χ1v) is 20.1. The molecule has 5 N–H and O–H groups in total. The molecule has 0 aliphatic rings. The van der Waals surface area contributed by atoms with Gasteiger partial charge in [-0.15, -0.1) is 0 Å². The molecule has 0 saturated carbocycles. The monoisotopic (exact) mass is 770 g/mol. The summed E-state index contributed by atoms with van der Waals surface area (Å²) in [6.45, 7) is 6.89. The quantitative estimate of drug-likeness (QED) is 0.0711. The van der Waals surface area contributed by atoms with E-state index in [0.29, 0.717) is 11.1 Å². The Hall–Kier alpha value is -5.45. The van der Waals surface area contributed by atoms with Crippen molar-refractivity contribution in [3.8, 4) is 0 Å². The van der Waals surface area contributed by atoms with Crippen molar-refractivity contribution in [2.75, 3.05) is 0 Å². The van der Waals surface area contributed by atoms with Crippen LogP contribution in [-0.4, -0.2) is 52.5 Å². The number of rotatable bonds is 18. The van der Waals surface area contributed by atoms with Gasteiger partial charge in [0.15, 0.2) is 0 Å². The SMILES string of the molecule is CC(C)[C@H](NC(=O)OCc1ccccc1)C(=O)N[C@H](Cc1ccccc1)P(=O)(O)[C@@H](Cc1ccccc1)NC(=O)[C@@H](NC(=O)OCc1ccccc1)C(C)C. The van der Waals surface area contributed by atoms with Crippen molar-refractivity contribution < 1.29 is 38.1 Å². The summed E-state index contributed by atoms with van der Waals surface area (Å²) in [5.41, 5.74) is 2.84. The largest absolute Gasteiger partial charge is 0.445 e. The highest BCUT2D eigenvalue weighted by Gasteiger charge is 2.43. The van der Waals surface area contributed by atoms with Gasteiger partial charge in [0.05, 0.1) is 0 Å². The Bertz CT molecular complexity index is 1730. The van der Waals surface area contributed by atoms with Crippen molar-refractivity contribution in [1.82, 2.24) is 21.3 Å². The van der Waals surface area contributed by atoms with Gasteiger partial charge in [-0.05, 0) is 34.1 Å². The number of ether oxygens (including phenoxy) is 2. The van der Waals surface area contributed by atoms with Crippen LogP contribution in [0.25, 0.3) is 0 Å². The number of alkyl carbamates (subject to hydrolysis) is 2. The number of hydrogen-bond acceptors (Lipinski definition) is 7. The second kappa shape index (κ2) is 20.9.